The van der Waals surface area contributed by atoms with Crippen LogP contribution in [0.2, 0.25) is 0 Å². The van der Waals surface area contributed by atoms with E-state index in [0.29, 0.717) is 23.5 Å². The third kappa shape index (κ3) is 4.81. The number of nitro groups is 1. The van der Waals surface area contributed by atoms with Crippen molar-refractivity contribution in [3.8, 4) is 5.75 Å². The number of carbonyl (C=O) groups excluding carboxylic acids is 1. The summed E-state index contributed by atoms with van der Waals surface area (Å²) in [6, 6.07) is 15.5. The first kappa shape index (κ1) is 23.5. The zero-order valence-corrected chi connectivity index (χ0v) is 19.9. The fourth-order valence-electron chi connectivity index (χ4n) is 4.72. The van der Waals surface area contributed by atoms with Crippen LogP contribution in [0.5, 0.6) is 5.75 Å². The molecule has 0 spiro atoms. The molecule has 2 heterocycles. The maximum Gasteiger partial charge on any atom is 0.312 e. The second kappa shape index (κ2) is 10.1. The Kier molecular flexibility index (Phi) is 6.95. The second-order valence-corrected chi connectivity index (χ2v) is 8.77. The van der Waals surface area contributed by atoms with E-state index in [-0.39, 0.29) is 17.6 Å². The minimum absolute atomic E-state index is 0.0241. The van der Waals surface area contributed by atoms with Gasteiger partial charge in [0.15, 0.2) is 0 Å². The van der Waals surface area contributed by atoms with Gasteiger partial charge in [0.2, 0.25) is 0 Å². The Morgan fingerprint density at radius 2 is 1.79 bits per heavy atom. The molecule has 1 fully saturated rings. The molecule has 0 saturated carbocycles. The van der Waals surface area contributed by atoms with Crippen molar-refractivity contribution in [3.05, 3.63) is 86.7 Å². The van der Waals surface area contributed by atoms with Gasteiger partial charge in [0.05, 0.1) is 24.6 Å². The number of benzene rings is 2. The van der Waals surface area contributed by atoms with Crippen molar-refractivity contribution in [1.29, 1.82) is 0 Å². The Bertz CT molecular complexity index is 1170. The molecule has 1 atom stereocenters. The summed E-state index contributed by atoms with van der Waals surface area (Å²) in [7, 11) is 1.65. The number of carbonyl (C=O) groups is 1. The highest BCUT2D eigenvalue weighted by atomic mass is 16.6. The Morgan fingerprint density at radius 3 is 2.41 bits per heavy atom. The molecule has 8 heteroatoms. The van der Waals surface area contributed by atoms with Gasteiger partial charge in [-0.25, -0.2) is 0 Å². The molecule has 178 valence electrons. The maximum atomic E-state index is 13.5. The predicted molar refractivity (Wildman–Crippen MR) is 129 cm³/mol. The Hall–Kier alpha value is -3.68. The van der Waals surface area contributed by atoms with Gasteiger partial charge in [-0.15, -0.1) is 0 Å². The third-order valence-electron chi connectivity index (χ3n) is 6.57. The molecule has 0 bridgehead atoms. The van der Waals surface area contributed by atoms with E-state index in [1.807, 2.05) is 53.4 Å². The quantitative estimate of drug-likeness (QED) is 0.370. The van der Waals surface area contributed by atoms with E-state index in [9.17, 15) is 14.9 Å². The van der Waals surface area contributed by atoms with Crippen molar-refractivity contribution in [1.82, 2.24) is 14.7 Å². The normalized spacial score (nSPS) is 16.2. The van der Waals surface area contributed by atoms with Crippen molar-refractivity contribution in [2.75, 3.05) is 13.7 Å². The summed E-state index contributed by atoms with van der Waals surface area (Å²) in [5.74, 6) is 0.829. The number of aromatic nitrogens is 2. The van der Waals surface area contributed by atoms with Gasteiger partial charge in [-0.05, 0) is 62.1 Å². The lowest BCUT2D eigenvalue weighted by Gasteiger charge is -2.31. The Morgan fingerprint density at radius 1 is 1.09 bits per heavy atom. The molecule has 0 radical (unpaired) electrons. The summed E-state index contributed by atoms with van der Waals surface area (Å²) in [6.45, 7) is 4.48. The summed E-state index contributed by atoms with van der Waals surface area (Å²) in [5.41, 5.74) is 3.68. The van der Waals surface area contributed by atoms with Gasteiger partial charge in [0.1, 0.15) is 17.1 Å². The summed E-state index contributed by atoms with van der Waals surface area (Å²) < 4.78 is 6.92. The SMILES string of the molecule is COc1ccc(C2CCCCCN2C(=O)c2ccc(Cn3nc(C)c([N+](=O)[O-])c3C)cc2)cc1. The number of hydrogen-bond donors (Lipinski definition) is 0. The fraction of sp³-hybridized carbons (Fsp3) is 0.385. The average Bonchev–Trinajstić information content (AvgIpc) is 2.99. The van der Waals surface area contributed by atoms with Crippen molar-refractivity contribution in [3.63, 3.8) is 0 Å². The minimum Gasteiger partial charge on any atom is -0.497 e. The zero-order chi connectivity index (χ0) is 24.2. The van der Waals surface area contributed by atoms with Crippen molar-refractivity contribution >= 4 is 11.6 Å². The molecule has 34 heavy (non-hydrogen) atoms. The molecule has 1 saturated heterocycles. The molecule has 4 rings (SSSR count). The van der Waals surface area contributed by atoms with Crippen LogP contribution < -0.4 is 4.74 Å². The van der Waals surface area contributed by atoms with Crippen molar-refractivity contribution < 1.29 is 14.5 Å². The number of nitrogens with zero attached hydrogens (tertiary/aromatic N) is 4. The van der Waals surface area contributed by atoms with E-state index < -0.39 is 4.92 Å². The molecule has 3 aromatic rings. The largest absolute Gasteiger partial charge is 0.497 e. The predicted octanol–water partition coefficient (Wildman–Crippen LogP) is 5.22. The van der Waals surface area contributed by atoms with Gasteiger partial charge in [-0.1, -0.05) is 37.1 Å². The highest BCUT2D eigenvalue weighted by Crippen LogP contribution is 2.32. The number of hydrogen-bond acceptors (Lipinski definition) is 5. The number of aryl methyl sites for hydroxylation is 1. The van der Waals surface area contributed by atoms with Crippen LogP contribution in [-0.4, -0.2) is 39.2 Å². The van der Waals surface area contributed by atoms with Crippen molar-refractivity contribution in [2.45, 2.75) is 52.1 Å². The molecular formula is C26H30N4O4. The second-order valence-electron chi connectivity index (χ2n) is 8.77. The van der Waals surface area contributed by atoms with Crippen molar-refractivity contribution in [2.24, 2.45) is 0 Å². The fourth-order valence-corrected chi connectivity index (χ4v) is 4.72. The van der Waals surface area contributed by atoms with Gasteiger partial charge in [-0.3, -0.25) is 19.6 Å². The summed E-state index contributed by atoms with van der Waals surface area (Å²) in [5, 5.41) is 15.6. The number of amides is 1. The van der Waals surface area contributed by atoms with Crippen LogP contribution >= 0.6 is 0 Å². The smallest absolute Gasteiger partial charge is 0.312 e. The molecule has 1 unspecified atom stereocenters. The molecule has 0 N–H and O–H groups in total. The van der Waals surface area contributed by atoms with Crippen LogP contribution in [0.4, 0.5) is 5.69 Å². The molecule has 0 aliphatic carbocycles. The van der Waals surface area contributed by atoms with E-state index in [1.165, 1.54) is 0 Å². The first-order valence-electron chi connectivity index (χ1n) is 11.6. The highest BCUT2D eigenvalue weighted by Gasteiger charge is 2.28. The van der Waals surface area contributed by atoms with Gasteiger partial charge >= 0.3 is 5.69 Å². The van der Waals surface area contributed by atoms with Crippen LogP contribution in [0.25, 0.3) is 0 Å². The monoisotopic (exact) mass is 462 g/mol. The molecule has 8 nitrogen and oxygen atoms in total. The number of ether oxygens (including phenoxy) is 1. The molecule has 1 amide bonds. The van der Waals surface area contributed by atoms with Crippen LogP contribution in [0, 0.1) is 24.0 Å². The van der Waals surface area contributed by atoms with Gasteiger partial charge in [-0.2, -0.15) is 5.10 Å². The molecule has 1 aromatic heterocycles. The standard InChI is InChI=1S/C26H30N4O4/c1-18-25(30(32)33)19(2)29(27-18)17-20-8-10-22(11-9-20)26(31)28-16-6-4-5-7-24(28)21-12-14-23(34-3)15-13-21/h8-15,24H,4-7,16-17H2,1-3H3. The Labute approximate surface area is 199 Å². The molecule has 2 aromatic carbocycles. The number of likely N-dealkylation sites (tertiary alicyclic amines) is 1. The van der Waals surface area contributed by atoms with Gasteiger partial charge in [0, 0.05) is 12.1 Å². The molecule has 1 aliphatic heterocycles. The zero-order valence-electron chi connectivity index (χ0n) is 19.9. The van der Waals surface area contributed by atoms with Gasteiger partial charge < -0.3 is 9.64 Å². The molecule has 1 aliphatic rings. The Balaban J connectivity index is 1.53. The van der Waals surface area contributed by atoms with Crippen LogP contribution in [0.3, 0.4) is 0 Å². The van der Waals surface area contributed by atoms with E-state index in [1.54, 1.807) is 25.6 Å². The lowest BCUT2D eigenvalue weighted by atomic mass is 9.99. The van der Waals surface area contributed by atoms with Gasteiger partial charge in [0.25, 0.3) is 5.91 Å². The maximum absolute atomic E-state index is 13.5. The lowest BCUT2D eigenvalue weighted by Crippen LogP contribution is -2.34. The van der Waals surface area contributed by atoms with Crippen LogP contribution in [0.15, 0.2) is 48.5 Å². The third-order valence-corrected chi connectivity index (χ3v) is 6.57. The number of methoxy groups -OCH3 is 1. The topological polar surface area (TPSA) is 90.5 Å². The summed E-state index contributed by atoms with van der Waals surface area (Å²) in [4.78, 5) is 26.4. The summed E-state index contributed by atoms with van der Waals surface area (Å²) >= 11 is 0. The average molecular weight is 463 g/mol. The van der Waals surface area contributed by atoms with Crippen LogP contribution in [-0.2, 0) is 6.54 Å². The highest BCUT2D eigenvalue weighted by molar-refractivity contribution is 5.94. The van der Waals surface area contributed by atoms with E-state index >= 15 is 0 Å². The van der Waals surface area contributed by atoms with E-state index in [0.717, 1.165) is 49.1 Å². The summed E-state index contributed by atoms with van der Waals surface area (Å²) in [6.07, 6.45) is 4.14. The van der Waals surface area contributed by atoms with E-state index in [4.69, 9.17) is 4.74 Å². The van der Waals surface area contributed by atoms with E-state index in [2.05, 4.69) is 5.10 Å². The first-order chi connectivity index (χ1) is 16.4. The first-order valence-corrected chi connectivity index (χ1v) is 11.6. The number of rotatable bonds is 6. The van der Waals surface area contributed by atoms with Crippen LogP contribution in [0.1, 0.15) is 64.6 Å². The lowest BCUT2D eigenvalue weighted by molar-refractivity contribution is -0.386. The molecular weight excluding hydrogens is 432 g/mol. The minimum atomic E-state index is -0.393.